The molecule has 0 radical (unpaired) electrons. The number of carbonyl (C=O) groups is 2. The molecule has 5 N–H and O–H groups in total. The van der Waals surface area contributed by atoms with Crippen LogP contribution >= 0.6 is 0 Å². The summed E-state index contributed by atoms with van der Waals surface area (Å²) in [5.74, 6) is -1.54. The summed E-state index contributed by atoms with van der Waals surface area (Å²) in [6.07, 6.45) is 3.28. The summed E-state index contributed by atoms with van der Waals surface area (Å²) in [6.45, 7) is 0.370. The van der Waals surface area contributed by atoms with Gasteiger partial charge in [-0.2, -0.15) is 0 Å². The van der Waals surface area contributed by atoms with E-state index in [1.54, 1.807) is 12.4 Å². The molecule has 6 nitrogen and oxygen atoms in total. The van der Waals surface area contributed by atoms with Gasteiger partial charge < -0.3 is 21.1 Å². The first kappa shape index (κ1) is 11.3. The number of aromatic amines is 1. The normalized spacial score (nSPS) is 12.1. The largest absolute Gasteiger partial charge is 0.480 e. The van der Waals surface area contributed by atoms with Gasteiger partial charge in [0.05, 0.1) is 6.42 Å². The maximum absolute atomic E-state index is 11.2. The van der Waals surface area contributed by atoms with E-state index in [1.165, 1.54) is 0 Å². The van der Waals surface area contributed by atoms with E-state index in [0.29, 0.717) is 6.54 Å². The molecule has 0 spiro atoms. The van der Waals surface area contributed by atoms with Crippen molar-refractivity contribution in [1.82, 2.24) is 10.3 Å². The number of aromatic nitrogens is 1. The van der Waals surface area contributed by atoms with E-state index < -0.39 is 12.0 Å². The summed E-state index contributed by atoms with van der Waals surface area (Å²) >= 11 is 0. The Labute approximate surface area is 86.5 Å². The first-order valence-electron chi connectivity index (χ1n) is 4.46. The quantitative estimate of drug-likeness (QED) is 0.523. The van der Waals surface area contributed by atoms with Gasteiger partial charge in [0.2, 0.25) is 5.91 Å². The molecule has 0 fully saturated rings. The number of aliphatic carboxylic acids is 1. The Morgan fingerprint density at radius 3 is 2.87 bits per heavy atom. The van der Waals surface area contributed by atoms with Crippen LogP contribution in [-0.4, -0.2) is 28.0 Å². The minimum atomic E-state index is -1.17. The number of nitrogens with two attached hydrogens (primary N) is 1. The van der Waals surface area contributed by atoms with Gasteiger partial charge in [0.15, 0.2) is 0 Å². The Morgan fingerprint density at radius 1 is 1.60 bits per heavy atom. The minimum absolute atomic E-state index is 0.209. The number of rotatable bonds is 5. The smallest absolute Gasteiger partial charge is 0.321 e. The van der Waals surface area contributed by atoms with Crippen LogP contribution in [0.25, 0.3) is 0 Å². The van der Waals surface area contributed by atoms with Gasteiger partial charge in [-0.25, -0.2) is 0 Å². The molecule has 1 heterocycles. The summed E-state index contributed by atoms with van der Waals surface area (Å²) < 4.78 is 0. The predicted molar refractivity (Wildman–Crippen MR) is 52.9 cm³/mol. The number of hydrogen-bond acceptors (Lipinski definition) is 3. The SMILES string of the molecule is NC(CC(=O)NCc1cc[nH]c1)C(=O)O. The molecule has 6 heteroatoms. The summed E-state index contributed by atoms with van der Waals surface area (Å²) in [5.41, 5.74) is 6.12. The fourth-order valence-corrected chi connectivity index (χ4v) is 1.03. The van der Waals surface area contributed by atoms with E-state index in [-0.39, 0.29) is 12.3 Å². The third-order valence-electron chi connectivity index (χ3n) is 1.87. The number of hydrogen-bond donors (Lipinski definition) is 4. The van der Waals surface area contributed by atoms with E-state index >= 15 is 0 Å². The van der Waals surface area contributed by atoms with Gasteiger partial charge in [0.25, 0.3) is 0 Å². The third-order valence-corrected chi connectivity index (χ3v) is 1.87. The van der Waals surface area contributed by atoms with E-state index in [2.05, 4.69) is 10.3 Å². The number of carboxylic acids is 1. The minimum Gasteiger partial charge on any atom is -0.480 e. The lowest BCUT2D eigenvalue weighted by Gasteiger charge is -2.06. The van der Waals surface area contributed by atoms with Gasteiger partial charge >= 0.3 is 5.97 Å². The molecule has 1 aromatic heterocycles. The fourth-order valence-electron chi connectivity index (χ4n) is 1.03. The molecular formula is C9H13N3O3. The highest BCUT2D eigenvalue weighted by atomic mass is 16.4. The van der Waals surface area contributed by atoms with Crippen LogP contribution in [-0.2, 0) is 16.1 Å². The topological polar surface area (TPSA) is 108 Å². The van der Waals surface area contributed by atoms with Gasteiger partial charge in [-0.15, -0.1) is 0 Å². The van der Waals surface area contributed by atoms with Crippen LogP contribution in [0.1, 0.15) is 12.0 Å². The number of carbonyl (C=O) groups excluding carboxylic acids is 1. The summed E-state index contributed by atoms with van der Waals surface area (Å²) in [7, 11) is 0. The van der Waals surface area contributed by atoms with Crippen LogP contribution in [0.15, 0.2) is 18.5 Å². The summed E-state index contributed by atoms with van der Waals surface area (Å²) in [5, 5.41) is 11.0. The molecule has 0 aliphatic heterocycles. The second-order valence-electron chi connectivity index (χ2n) is 3.14. The zero-order chi connectivity index (χ0) is 11.3. The van der Waals surface area contributed by atoms with Crippen LogP contribution in [0.3, 0.4) is 0 Å². The van der Waals surface area contributed by atoms with Crippen molar-refractivity contribution < 1.29 is 14.7 Å². The van der Waals surface area contributed by atoms with E-state index in [4.69, 9.17) is 10.8 Å². The van der Waals surface area contributed by atoms with Crippen molar-refractivity contribution in [1.29, 1.82) is 0 Å². The predicted octanol–water partition coefficient (Wildman–Crippen LogP) is -0.567. The Kier molecular flexibility index (Phi) is 3.87. The molecule has 1 rings (SSSR count). The zero-order valence-corrected chi connectivity index (χ0v) is 8.06. The van der Waals surface area contributed by atoms with Crippen LogP contribution in [0.2, 0.25) is 0 Å². The molecule has 0 aliphatic rings. The molecule has 15 heavy (non-hydrogen) atoms. The Hall–Kier alpha value is -1.82. The number of amides is 1. The van der Waals surface area contributed by atoms with Gasteiger partial charge in [0, 0.05) is 18.9 Å². The average Bonchev–Trinajstić information content (AvgIpc) is 2.66. The molecule has 82 valence electrons. The van der Waals surface area contributed by atoms with Crippen molar-refractivity contribution >= 4 is 11.9 Å². The van der Waals surface area contributed by atoms with Crippen molar-refractivity contribution in [2.75, 3.05) is 0 Å². The monoisotopic (exact) mass is 211 g/mol. The molecule has 0 aliphatic carbocycles. The van der Waals surface area contributed by atoms with Crippen LogP contribution in [0, 0.1) is 0 Å². The average molecular weight is 211 g/mol. The van der Waals surface area contributed by atoms with Crippen LogP contribution < -0.4 is 11.1 Å². The molecular weight excluding hydrogens is 198 g/mol. The Bertz CT molecular complexity index is 334. The van der Waals surface area contributed by atoms with Crippen molar-refractivity contribution in [2.24, 2.45) is 5.73 Å². The van der Waals surface area contributed by atoms with Gasteiger partial charge in [-0.3, -0.25) is 9.59 Å². The Morgan fingerprint density at radius 2 is 2.33 bits per heavy atom. The third kappa shape index (κ3) is 3.82. The lowest BCUT2D eigenvalue weighted by Crippen LogP contribution is -2.36. The Balaban J connectivity index is 2.28. The molecule has 0 saturated heterocycles. The standard InChI is InChI=1S/C9H13N3O3/c10-7(9(14)15)3-8(13)12-5-6-1-2-11-4-6/h1-2,4,7,11H,3,5,10H2,(H,12,13)(H,14,15). The number of carboxylic acid groups (broad SMARTS) is 1. The second kappa shape index (κ2) is 5.16. The second-order valence-corrected chi connectivity index (χ2v) is 3.14. The lowest BCUT2D eigenvalue weighted by molar-refractivity contribution is -0.140. The maximum atomic E-state index is 11.2. The molecule has 1 atom stereocenters. The van der Waals surface area contributed by atoms with Crippen molar-refractivity contribution in [3.05, 3.63) is 24.0 Å². The highest BCUT2D eigenvalue weighted by Crippen LogP contribution is 1.96. The number of nitrogens with one attached hydrogen (secondary N) is 2. The van der Waals surface area contributed by atoms with Crippen molar-refractivity contribution in [3.63, 3.8) is 0 Å². The highest BCUT2D eigenvalue weighted by Gasteiger charge is 2.15. The van der Waals surface area contributed by atoms with Crippen molar-refractivity contribution in [3.8, 4) is 0 Å². The fraction of sp³-hybridized carbons (Fsp3) is 0.333. The van der Waals surface area contributed by atoms with Crippen LogP contribution in [0.4, 0.5) is 0 Å². The maximum Gasteiger partial charge on any atom is 0.321 e. The highest BCUT2D eigenvalue weighted by molar-refractivity contribution is 5.84. The molecule has 0 aromatic carbocycles. The molecule has 1 aromatic rings. The van der Waals surface area contributed by atoms with E-state index in [1.807, 2.05) is 6.07 Å². The van der Waals surface area contributed by atoms with Gasteiger partial charge in [-0.1, -0.05) is 0 Å². The van der Waals surface area contributed by atoms with Gasteiger partial charge in [-0.05, 0) is 11.6 Å². The lowest BCUT2D eigenvalue weighted by atomic mass is 10.2. The number of H-pyrrole nitrogens is 1. The summed E-state index contributed by atoms with van der Waals surface area (Å²) in [4.78, 5) is 24.4. The first-order valence-corrected chi connectivity index (χ1v) is 4.46. The van der Waals surface area contributed by atoms with Gasteiger partial charge in [0.1, 0.15) is 6.04 Å². The molecule has 1 unspecified atom stereocenters. The molecule has 0 bridgehead atoms. The van der Waals surface area contributed by atoms with E-state index in [9.17, 15) is 9.59 Å². The first-order chi connectivity index (χ1) is 7.09. The summed E-state index contributed by atoms with van der Waals surface area (Å²) in [6, 6.07) is 0.674. The van der Waals surface area contributed by atoms with Crippen molar-refractivity contribution in [2.45, 2.75) is 19.0 Å². The van der Waals surface area contributed by atoms with E-state index in [0.717, 1.165) is 5.56 Å². The molecule has 1 amide bonds. The zero-order valence-electron chi connectivity index (χ0n) is 8.06. The van der Waals surface area contributed by atoms with Crippen LogP contribution in [0.5, 0.6) is 0 Å². The molecule has 0 saturated carbocycles.